The molecular formula is C12H16O4. The molecule has 0 amide bonds. The lowest BCUT2D eigenvalue weighted by Gasteiger charge is -2.19. The van der Waals surface area contributed by atoms with Crippen molar-refractivity contribution in [2.75, 3.05) is 0 Å². The molecule has 0 saturated heterocycles. The summed E-state index contributed by atoms with van der Waals surface area (Å²) in [6, 6.07) is 6.97. The lowest BCUT2D eigenvalue weighted by molar-refractivity contribution is -0.153. The van der Waals surface area contributed by atoms with Crippen LogP contribution in [-0.4, -0.2) is 27.4 Å². The number of hydrogen-bond donors (Lipinski definition) is 3. The molecule has 0 spiro atoms. The smallest absolute Gasteiger partial charge is 0.335 e. The van der Waals surface area contributed by atoms with E-state index in [1.807, 2.05) is 26.0 Å². The van der Waals surface area contributed by atoms with Crippen molar-refractivity contribution in [3.63, 3.8) is 0 Å². The van der Waals surface area contributed by atoms with E-state index in [0.717, 1.165) is 5.56 Å². The fraction of sp³-hybridized carbons (Fsp3) is 0.417. The molecule has 0 bridgehead atoms. The highest BCUT2D eigenvalue weighted by atomic mass is 16.4. The first kappa shape index (κ1) is 12.7. The van der Waals surface area contributed by atoms with Gasteiger partial charge in [0.2, 0.25) is 0 Å². The van der Waals surface area contributed by atoms with E-state index in [0.29, 0.717) is 5.56 Å². The highest BCUT2D eigenvalue weighted by Gasteiger charge is 2.27. The van der Waals surface area contributed by atoms with Crippen LogP contribution in [0.4, 0.5) is 0 Å². The van der Waals surface area contributed by atoms with Gasteiger partial charge in [0.05, 0.1) is 0 Å². The quantitative estimate of drug-likeness (QED) is 0.720. The Labute approximate surface area is 94.2 Å². The molecule has 0 fully saturated rings. The number of carboxylic acid groups (broad SMARTS) is 1. The third-order valence-corrected chi connectivity index (χ3v) is 2.49. The third kappa shape index (κ3) is 2.59. The van der Waals surface area contributed by atoms with Crippen molar-refractivity contribution in [1.82, 2.24) is 0 Å². The van der Waals surface area contributed by atoms with E-state index in [9.17, 15) is 15.0 Å². The topological polar surface area (TPSA) is 77.8 Å². The lowest BCUT2D eigenvalue weighted by atomic mass is 9.92. The van der Waals surface area contributed by atoms with Crippen LogP contribution in [0.3, 0.4) is 0 Å². The van der Waals surface area contributed by atoms with Gasteiger partial charge in [0.25, 0.3) is 0 Å². The van der Waals surface area contributed by atoms with Crippen molar-refractivity contribution in [1.29, 1.82) is 0 Å². The predicted molar refractivity (Wildman–Crippen MR) is 59.1 cm³/mol. The molecular weight excluding hydrogens is 208 g/mol. The minimum absolute atomic E-state index is 0.159. The summed E-state index contributed by atoms with van der Waals surface area (Å²) in [5, 5.41) is 27.7. The van der Waals surface area contributed by atoms with Crippen molar-refractivity contribution in [2.24, 2.45) is 0 Å². The SMILES string of the molecule is CC(C)c1ccccc1C(O)C(O)C(=O)O. The van der Waals surface area contributed by atoms with Crippen LogP contribution < -0.4 is 0 Å². The van der Waals surface area contributed by atoms with E-state index in [-0.39, 0.29) is 5.92 Å². The lowest BCUT2D eigenvalue weighted by Crippen LogP contribution is -2.28. The second-order valence-electron chi connectivity index (χ2n) is 4.01. The van der Waals surface area contributed by atoms with E-state index >= 15 is 0 Å². The second-order valence-corrected chi connectivity index (χ2v) is 4.01. The van der Waals surface area contributed by atoms with Gasteiger partial charge < -0.3 is 15.3 Å². The predicted octanol–water partition coefficient (Wildman–Crippen LogP) is 1.29. The highest BCUT2D eigenvalue weighted by Crippen LogP contribution is 2.26. The van der Waals surface area contributed by atoms with Crippen molar-refractivity contribution < 1.29 is 20.1 Å². The van der Waals surface area contributed by atoms with Crippen LogP contribution >= 0.6 is 0 Å². The first-order valence-electron chi connectivity index (χ1n) is 5.13. The van der Waals surface area contributed by atoms with Gasteiger partial charge in [0, 0.05) is 0 Å². The largest absolute Gasteiger partial charge is 0.479 e. The Hall–Kier alpha value is -1.39. The number of aliphatic hydroxyl groups excluding tert-OH is 2. The molecule has 0 radical (unpaired) electrons. The molecule has 0 saturated carbocycles. The van der Waals surface area contributed by atoms with Crippen LogP contribution in [-0.2, 0) is 4.79 Å². The van der Waals surface area contributed by atoms with Crippen molar-refractivity contribution in [3.8, 4) is 0 Å². The van der Waals surface area contributed by atoms with E-state index in [1.165, 1.54) is 0 Å². The zero-order chi connectivity index (χ0) is 12.3. The average Bonchev–Trinajstić information content (AvgIpc) is 2.26. The number of aliphatic carboxylic acids is 1. The Morgan fingerprint density at radius 3 is 2.06 bits per heavy atom. The van der Waals surface area contributed by atoms with Crippen LogP contribution in [0.15, 0.2) is 24.3 Å². The molecule has 4 nitrogen and oxygen atoms in total. The summed E-state index contributed by atoms with van der Waals surface area (Å²) in [5.41, 5.74) is 1.31. The fourth-order valence-corrected chi connectivity index (χ4v) is 1.61. The Balaban J connectivity index is 3.07. The number of rotatable bonds is 4. The van der Waals surface area contributed by atoms with Gasteiger partial charge in [-0.05, 0) is 17.0 Å². The van der Waals surface area contributed by atoms with Gasteiger partial charge in [-0.25, -0.2) is 4.79 Å². The molecule has 88 valence electrons. The van der Waals surface area contributed by atoms with Crippen LogP contribution in [0.2, 0.25) is 0 Å². The maximum Gasteiger partial charge on any atom is 0.335 e. The molecule has 2 unspecified atom stereocenters. The Morgan fingerprint density at radius 1 is 1.12 bits per heavy atom. The first-order chi connectivity index (χ1) is 7.45. The Bertz CT molecular complexity index is 373. The molecule has 0 heterocycles. The van der Waals surface area contributed by atoms with E-state index in [2.05, 4.69) is 0 Å². The number of aliphatic hydroxyl groups is 2. The molecule has 4 heteroatoms. The van der Waals surface area contributed by atoms with Gasteiger partial charge in [-0.1, -0.05) is 38.1 Å². The van der Waals surface area contributed by atoms with Crippen LogP contribution in [0.25, 0.3) is 0 Å². The Kier molecular flexibility index (Phi) is 4.04. The second kappa shape index (κ2) is 5.09. The first-order valence-corrected chi connectivity index (χ1v) is 5.13. The number of benzene rings is 1. The molecule has 0 aliphatic heterocycles. The summed E-state index contributed by atoms with van der Waals surface area (Å²) in [7, 11) is 0. The molecule has 3 N–H and O–H groups in total. The number of carbonyl (C=O) groups is 1. The van der Waals surface area contributed by atoms with E-state index in [1.54, 1.807) is 12.1 Å². The fourth-order valence-electron chi connectivity index (χ4n) is 1.61. The minimum Gasteiger partial charge on any atom is -0.479 e. The van der Waals surface area contributed by atoms with Crippen LogP contribution in [0.5, 0.6) is 0 Å². The normalized spacial score (nSPS) is 14.8. The standard InChI is InChI=1S/C12H16O4/c1-7(2)8-5-3-4-6-9(8)10(13)11(14)12(15)16/h3-7,10-11,13-14H,1-2H3,(H,15,16). The van der Waals surface area contributed by atoms with Crippen LogP contribution in [0.1, 0.15) is 37.0 Å². The van der Waals surface area contributed by atoms with E-state index in [4.69, 9.17) is 5.11 Å². The maximum atomic E-state index is 10.6. The zero-order valence-electron chi connectivity index (χ0n) is 9.29. The van der Waals surface area contributed by atoms with Crippen LogP contribution in [0, 0.1) is 0 Å². The van der Waals surface area contributed by atoms with Gasteiger partial charge in [-0.3, -0.25) is 0 Å². The summed E-state index contributed by atoms with van der Waals surface area (Å²) in [6.07, 6.45) is -3.18. The van der Waals surface area contributed by atoms with Gasteiger partial charge >= 0.3 is 5.97 Å². The summed E-state index contributed by atoms with van der Waals surface area (Å²) >= 11 is 0. The van der Waals surface area contributed by atoms with Gasteiger partial charge in [-0.15, -0.1) is 0 Å². The Morgan fingerprint density at radius 2 is 1.62 bits per heavy atom. The number of hydrogen-bond acceptors (Lipinski definition) is 3. The summed E-state index contributed by atoms with van der Waals surface area (Å²) in [5.74, 6) is -1.27. The molecule has 0 aromatic heterocycles. The minimum atomic E-state index is -1.79. The average molecular weight is 224 g/mol. The molecule has 1 aromatic carbocycles. The van der Waals surface area contributed by atoms with Crippen molar-refractivity contribution >= 4 is 5.97 Å². The third-order valence-electron chi connectivity index (χ3n) is 2.49. The zero-order valence-corrected chi connectivity index (χ0v) is 9.29. The maximum absolute atomic E-state index is 10.6. The van der Waals surface area contributed by atoms with E-state index < -0.39 is 18.2 Å². The van der Waals surface area contributed by atoms with Gasteiger partial charge in [0.1, 0.15) is 6.10 Å². The van der Waals surface area contributed by atoms with Gasteiger partial charge in [-0.2, -0.15) is 0 Å². The molecule has 0 aliphatic carbocycles. The summed E-state index contributed by atoms with van der Waals surface area (Å²) in [4.78, 5) is 10.6. The molecule has 1 rings (SSSR count). The number of carboxylic acids is 1. The molecule has 0 aliphatic rings. The highest BCUT2D eigenvalue weighted by molar-refractivity contribution is 5.73. The van der Waals surface area contributed by atoms with Crippen molar-refractivity contribution in [3.05, 3.63) is 35.4 Å². The van der Waals surface area contributed by atoms with Crippen molar-refractivity contribution in [2.45, 2.75) is 32.0 Å². The monoisotopic (exact) mass is 224 g/mol. The van der Waals surface area contributed by atoms with Gasteiger partial charge in [0.15, 0.2) is 6.10 Å². The summed E-state index contributed by atoms with van der Waals surface area (Å²) < 4.78 is 0. The molecule has 16 heavy (non-hydrogen) atoms. The molecule has 1 aromatic rings. The summed E-state index contributed by atoms with van der Waals surface area (Å²) in [6.45, 7) is 3.89. The molecule has 2 atom stereocenters.